The maximum absolute atomic E-state index is 12.6. The summed E-state index contributed by atoms with van der Waals surface area (Å²) in [5.41, 5.74) is 0.228. The fourth-order valence-electron chi connectivity index (χ4n) is 2.43. The molecule has 0 unspecified atom stereocenters. The van der Waals surface area contributed by atoms with Crippen LogP contribution >= 0.6 is 11.6 Å². The van der Waals surface area contributed by atoms with Crippen LogP contribution in [0.25, 0.3) is 5.69 Å². The van der Waals surface area contributed by atoms with Crippen LogP contribution in [-0.4, -0.2) is 33.5 Å². The SMILES string of the molecule is O=C(NCCNc1ncc(C(F)(F)F)cc1Cl)c1cncn1-c1ccccc1. The van der Waals surface area contributed by atoms with E-state index in [0.29, 0.717) is 11.9 Å². The zero-order valence-electron chi connectivity index (χ0n) is 14.4. The number of hydrogen-bond donors (Lipinski definition) is 2. The van der Waals surface area contributed by atoms with Gasteiger partial charge >= 0.3 is 6.18 Å². The molecular formula is C18H15ClF3N5O. The predicted octanol–water partition coefficient (Wildman–Crippen LogP) is 3.78. The van der Waals surface area contributed by atoms with Crippen molar-refractivity contribution in [2.24, 2.45) is 0 Å². The second-order valence-electron chi connectivity index (χ2n) is 5.72. The molecule has 0 spiro atoms. The molecule has 0 saturated carbocycles. The Morgan fingerprint density at radius 2 is 1.89 bits per heavy atom. The van der Waals surface area contributed by atoms with Crippen LogP contribution in [0.2, 0.25) is 5.02 Å². The minimum atomic E-state index is -4.51. The first-order chi connectivity index (χ1) is 13.4. The number of nitrogens with one attached hydrogen (secondary N) is 2. The van der Waals surface area contributed by atoms with Gasteiger partial charge in [-0.2, -0.15) is 13.2 Å². The van der Waals surface area contributed by atoms with Gasteiger partial charge in [0, 0.05) is 25.0 Å². The zero-order chi connectivity index (χ0) is 20.1. The van der Waals surface area contributed by atoms with Crippen LogP contribution in [0.5, 0.6) is 0 Å². The predicted molar refractivity (Wildman–Crippen MR) is 98.6 cm³/mol. The first-order valence-corrected chi connectivity index (χ1v) is 8.56. The number of aromatic nitrogens is 3. The van der Waals surface area contributed by atoms with E-state index < -0.39 is 11.7 Å². The molecule has 1 aromatic carbocycles. The molecule has 3 rings (SSSR count). The molecule has 10 heteroatoms. The molecule has 2 aromatic heterocycles. The minimum absolute atomic E-state index is 0.109. The van der Waals surface area contributed by atoms with Gasteiger partial charge in [0.2, 0.25) is 0 Å². The molecular weight excluding hydrogens is 395 g/mol. The van der Waals surface area contributed by atoms with Gasteiger partial charge in [-0.05, 0) is 18.2 Å². The van der Waals surface area contributed by atoms with Crippen molar-refractivity contribution in [1.82, 2.24) is 19.9 Å². The highest BCUT2D eigenvalue weighted by atomic mass is 35.5. The van der Waals surface area contributed by atoms with E-state index >= 15 is 0 Å². The average molecular weight is 410 g/mol. The Labute approximate surface area is 163 Å². The number of imidazole rings is 1. The second kappa shape index (κ2) is 8.30. The van der Waals surface area contributed by atoms with Crippen LogP contribution in [0.3, 0.4) is 0 Å². The first-order valence-electron chi connectivity index (χ1n) is 8.19. The molecule has 0 fully saturated rings. The molecule has 0 saturated heterocycles. The van der Waals surface area contributed by atoms with Gasteiger partial charge in [-0.1, -0.05) is 29.8 Å². The summed E-state index contributed by atoms with van der Waals surface area (Å²) in [6, 6.07) is 10.1. The number of para-hydroxylation sites is 1. The number of pyridine rings is 1. The number of hydrogen-bond acceptors (Lipinski definition) is 4. The van der Waals surface area contributed by atoms with E-state index in [4.69, 9.17) is 11.6 Å². The molecule has 0 bridgehead atoms. The van der Waals surface area contributed by atoms with E-state index in [0.717, 1.165) is 11.8 Å². The largest absolute Gasteiger partial charge is 0.417 e. The van der Waals surface area contributed by atoms with Gasteiger partial charge in [0.25, 0.3) is 5.91 Å². The monoisotopic (exact) mass is 409 g/mol. The second-order valence-corrected chi connectivity index (χ2v) is 6.13. The third kappa shape index (κ3) is 4.61. The minimum Gasteiger partial charge on any atom is -0.367 e. The molecule has 1 amide bonds. The van der Waals surface area contributed by atoms with E-state index in [1.807, 2.05) is 30.3 Å². The van der Waals surface area contributed by atoms with Gasteiger partial charge < -0.3 is 10.6 Å². The smallest absolute Gasteiger partial charge is 0.367 e. The third-order valence-electron chi connectivity index (χ3n) is 3.78. The summed E-state index contributed by atoms with van der Waals surface area (Å²) in [6.45, 7) is 0.432. The number of carbonyl (C=O) groups excluding carboxylic acids is 1. The summed E-state index contributed by atoms with van der Waals surface area (Å²) in [6.07, 6.45) is -0.825. The Morgan fingerprint density at radius 3 is 2.57 bits per heavy atom. The van der Waals surface area contributed by atoms with Gasteiger partial charge in [0.15, 0.2) is 0 Å². The van der Waals surface area contributed by atoms with Crippen LogP contribution in [-0.2, 0) is 6.18 Å². The standard InChI is InChI=1S/C18H15ClF3N5O/c19-14-8-12(18(20,21)22)9-26-16(14)24-6-7-25-17(28)15-10-23-11-27(15)13-4-2-1-3-5-13/h1-5,8-11H,6-7H2,(H,24,26)(H,25,28). The molecule has 2 heterocycles. The van der Waals surface area contributed by atoms with Crippen molar-refractivity contribution in [3.63, 3.8) is 0 Å². The van der Waals surface area contributed by atoms with Crippen molar-refractivity contribution in [3.8, 4) is 5.69 Å². The molecule has 3 aromatic rings. The Balaban J connectivity index is 1.55. The summed E-state index contributed by atoms with van der Waals surface area (Å²) < 4.78 is 39.5. The van der Waals surface area contributed by atoms with Crippen LogP contribution in [0.15, 0.2) is 55.1 Å². The number of halogens is 4. The van der Waals surface area contributed by atoms with Crippen molar-refractivity contribution in [2.45, 2.75) is 6.18 Å². The average Bonchev–Trinajstić information content (AvgIpc) is 3.16. The number of carbonyl (C=O) groups is 1. The summed E-state index contributed by atoms with van der Waals surface area (Å²) >= 11 is 5.82. The van der Waals surface area contributed by atoms with Crippen molar-refractivity contribution in [1.29, 1.82) is 0 Å². The zero-order valence-corrected chi connectivity index (χ0v) is 15.1. The van der Waals surface area contributed by atoms with Crippen molar-refractivity contribution < 1.29 is 18.0 Å². The molecule has 0 aliphatic heterocycles. The Bertz CT molecular complexity index is 959. The Kier molecular flexibility index (Phi) is 5.84. The van der Waals surface area contributed by atoms with E-state index in [2.05, 4.69) is 20.6 Å². The number of benzene rings is 1. The molecule has 0 aliphatic carbocycles. The highest BCUT2D eigenvalue weighted by Crippen LogP contribution is 2.32. The highest BCUT2D eigenvalue weighted by Gasteiger charge is 2.31. The van der Waals surface area contributed by atoms with E-state index in [-0.39, 0.29) is 29.8 Å². The topological polar surface area (TPSA) is 71.8 Å². The maximum atomic E-state index is 12.6. The fraction of sp³-hybridized carbons (Fsp3) is 0.167. The number of alkyl halides is 3. The Hall–Kier alpha value is -3.07. The van der Waals surface area contributed by atoms with Crippen molar-refractivity contribution in [2.75, 3.05) is 18.4 Å². The van der Waals surface area contributed by atoms with Gasteiger partial charge in [0.05, 0.1) is 23.1 Å². The third-order valence-corrected chi connectivity index (χ3v) is 4.07. The lowest BCUT2D eigenvalue weighted by molar-refractivity contribution is -0.137. The summed E-state index contributed by atoms with van der Waals surface area (Å²) in [4.78, 5) is 20.0. The molecule has 0 aliphatic rings. The van der Waals surface area contributed by atoms with Gasteiger partial charge in [-0.25, -0.2) is 9.97 Å². The molecule has 2 N–H and O–H groups in total. The normalized spacial score (nSPS) is 11.3. The van der Waals surface area contributed by atoms with E-state index in [9.17, 15) is 18.0 Å². The number of rotatable bonds is 6. The molecule has 0 radical (unpaired) electrons. The molecule has 28 heavy (non-hydrogen) atoms. The maximum Gasteiger partial charge on any atom is 0.417 e. The van der Waals surface area contributed by atoms with Crippen LogP contribution < -0.4 is 10.6 Å². The van der Waals surface area contributed by atoms with E-state index in [1.165, 1.54) is 12.5 Å². The highest BCUT2D eigenvalue weighted by molar-refractivity contribution is 6.32. The molecule has 0 atom stereocenters. The van der Waals surface area contributed by atoms with Crippen molar-refractivity contribution >= 4 is 23.3 Å². The van der Waals surface area contributed by atoms with Crippen LogP contribution in [0.4, 0.5) is 19.0 Å². The van der Waals surface area contributed by atoms with Crippen LogP contribution in [0.1, 0.15) is 16.1 Å². The van der Waals surface area contributed by atoms with Crippen LogP contribution in [0, 0.1) is 0 Å². The van der Waals surface area contributed by atoms with Gasteiger partial charge in [0.1, 0.15) is 11.5 Å². The summed E-state index contributed by atoms with van der Waals surface area (Å²) in [5, 5.41) is 5.35. The lowest BCUT2D eigenvalue weighted by Crippen LogP contribution is -2.30. The molecule has 6 nitrogen and oxygen atoms in total. The quantitative estimate of drug-likeness (QED) is 0.608. The molecule has 146 valence electrons. The number of nitrogens with zero attached hydrogens (tertiary/aromatic N) is 3. The van der Waals surface area contributed by atoms with Crippen molar-refractivity contribution in [3.05, 3.63) is 71.4 Å². The lowest BCUT2D eigenvalue weighted by atomic mass is 10.3. The number of amides is 1. The van der Waals surface area contributed by atoms with Gasteiger partial charge in [-0.15, -0.1) is 0 Å². The fourth-order valence-corrected chi connectivity index (χ4v) is 2.66. The van der Waals surface area contributed by atoms with E-state index in [1.54, 1.807) is 4.57 Å². The Morgan fingerprint density at radius 1 is 1.14 bits per heavy atom. The summed E-state index contributed by atoms with van der Waals surface area (Å²) in [7, 11) is 0. The first kappa shape index (κ1) is 19.7. The number of anilines is 1. The van der Waals surface area contributed by atoms with Gasteiger partial charge in [-0.3, -0.25) is 9.36 Å². The summed E-state index contributed by atoms with van der Waals surface area (Å²) in [5.74, 6) is -0.229. The lowest BCUT2D eigenvalue weighted by Gasteiger charge is -2.12.